The number of carbonyl (C=O) groups excluding carboxylic acids is 1. The van der Waals surface area contributed by atoms with Crippen molar-refractivity contribution in [3.05, 3.63) is 60.8 Å². The largest absolute Gasteiger partial charge is 0.472 e. The van der Waals surface area contributed by atoms with Gasteiger partial charge in [-0.1, -0.05) is 158 Å². The van der Waals surface area contributed by atoms with Gasteiger partial charge < -0.3 is 19.8 Å². The fourth-order valence-corrected chi connectivity index (χ4v) is 6.59. The molecule has 3 unspecified atom stereocenters. The molecule has 0 aliphatic heterocycles. The molecule has 8 nitrogen and oxygen atoms in total. The summed E-state index contributed by atoms with van der Waals surface area (Å²) in [5.41, 5.74) is 0. The number of aliphatic hydroxyl groups is 1. The average molecular weight is 794 g/mol. The van der Waals surface area contributed by atoms with Crippen LogP contribution in [0.1, 0.15) is 174 Å². The maximum Gasteiger partial charge on any atom is 0.472 e. The van der Waals surface area contributed by atoms with Gasteiger partial charge in [0.1, 0.15) is 13.2 Å². The Balaban J connectivity index is 4.40. The van der Waals surface area contributed by atoms with Crippen LogP contribution in [0.15, 0.2) is 60.8 Å². The fraction of sp³-hybridized carbons (Fsp3) is 0.761. The molecule has 0 aromatic heterocycles. The third kappa shape index (κ3) is 40.2. The van der Waals surface area contributed by atoms with Crippen LogP contribution < -0.4 is 5.32 Å². The first-order valence-corrected chi connectivity index (χ1v) is 23.7. The molecule has 0 saturated carbocycles. The van der Waals surface area contributed by atoms with E-state index >= 15 is 0 Å². The van der Waals surface area contributed by atoms with Gasteiger partial charge in [-0.3, -0.25) is 13.8 Å². The Labute approximate surface area is 339 Å². The van der Waals surface area contributed by atoms with E-state index in [1.165, 1.54) is 96.3 Å². The second-order valence-electron chi connectivity index (χ2n) is 16.0. The van der Waals surface area contributed by atoms with Crippen LogP contribution in [0.25, 0.3) is 0 Å². The molecule has 0 fully saturated rings. The monoisotopic (exact) mass is 794 g/mol. The third-order valence-electron chi connectivity index (χ3n) is 9.44. The van der Waals surface area contributed by atoms with Gasteiger partial charge in [-0.05, 0) is 70.6 Å². The zero-order valence-corrected chi connectivity index (χ0v) is 37.0. The van der Waals surface area contributed by atoms with E-state index in [9.17, 15) is 19.4 Å². The summed E-state index contributed by atoms with van der Waals surface area (Å²) >= 11 is 0. The number of phosphoric acid groups is 1. The number of quaternary nitrogens is 1. The van der Waals surface area contributed by atoms with Crippen LogP contribution in [0.5, 0.6) is 0 Å². The average Bonchev–Trinajstić information content (AvgIpc) is 3.13. The fourth-order valence-electron chi connectivity index (χ4n) is 5.85. The number of allylic oxidation sites excluding steroid dienone is 9. The molecular formula is C46H86N2O6P+. The zero-order valence-electron chi connectivity index (χ0n) is 36.1. The Kier molecular flexibility index (Phi) is 36.5. The molecule has 0 bridgehead atoms. The summed E-state index contributed by atoms with van der Waals surface area (Å²) in [6.07, 6.45) is 48.6. The van der Waals surface area contributed by atoms with Crippen molar-refractivity contribution in [3.63, 3.8) is 0 Å². The highest BCUT2D eigenvalue weighted by atomic mass is 31.2. The normalized spacial score (nSPS) is 15.0. The van der Waals surface area contributed by atoms with Gasteiger partial charge in [0.2, 0.25) is 5.91 Å². The molecule has 0 heterocycles. The summed E-state index contributed by atoms with van der Waals surface area (Å²) in [5.74, 6) is -0.200. The number of hydrogen-bond acceptors (Lipinski definition) is 5. The third-order valence-corrected chi connectivity index (χ3v) is 10.4. The number of rotatable bonds is 39. The number of phosphoric ester groups is 1. The Hall–Kier alpha value is -1.80. The molecule has 3 atom stereocenters. The molecule has 0 saturated heterocycles. The van der Waals surface area contributed by atoms with Crippen molar-refractivity contribution in [3.8, 4) is 0 Å². The molecular weight excluding hydrogens is 707 g/mol. The highest BCUT2D eigenvalue weighted by molar-refractivity contribution is 7.47. The van der Waals surface area contributed by atoms with E-state index in [0.717, 1.165) is 57.8 Å². The second kappa shape index (κ2) is 37.8. The van der Waals surface area contributed by atoms with Crippen LogP contribution in [-0.2, 0) is 18.4 Å². The summed E-state index contributed by atoms with van der Waals surface area (Å²) in [7, 11) is 1.53. The van der Waals surface area contributed by atoms with Gasteiger partial charge in [0.05, 0.1) is 39.9 Å². The van der Waals surface area contributed by atoms with E-state index in [4.69, 9.17) is 9.05 Å². The van der Waals surface area contributed by atoms with Crippen molar-refractivity contribution in [2.75, 3.05) is 40.9 Å². The quantitative estimate of drug-likeness (QED) is 0.0248. The Morgan fingerprint density at radius 3 is 1.62 bits per heavy atom. The van der Waals surface area contributed by atoms with Gasteiger partial charge in [0.15, 0.2) is 0 Å². The Morgan fingerprint density at radius 1 is 0.618 bits per heavy atom. The molecule has 1 amide bonds. The van der Waals surface area contributed by atoms with Crippen molar-refractivity contribution < 1.29 is 32.9 Å². The van der Waals surface area contributed by atoms with Gasteiger partial charge in [-0.2, -0.15) is 0 Å². The summed E-state index contributed by atoms with van der Waals surface area (Å²) in [6.45, 7) is 4.70. The van der Waals surface area contributed by atoms with Crippen molar-refractivity contribution in [2.24, 2.45) is 0 Å². The number of likely N-dealkylation sites (N-methyl/N-ethyl adjacent to an activating group) is 1. The molecule has 3 N–H and O–H groups in total. The summed E-state index contributed by atoms with van der Waals surface area (Å²) in [6, 6.07) is -0.872. The van der Waals surface area contributed by atoms with Crippen LogP contribution in [0, 0.1) is 0 Å². The molecule has 9 heteroatoms. The van der Waals surface area contributed by atoms with Crippen molar-refractivity contribution in [1.29, 1.82) is 0 Å². The zero-order chi connectivity index (χ0) is 40.7. The van der Waals surface area contributed by atoms with Gasteiger partial charge in [0.25, 0.3) is 0 Å². The van der Waals surface area contributed by atoms with Crippen molar-refractivity contribution >= 4 is 13.7 Å². The minimum Gasteiger partial charge on any atom is -0.387 e. The van der Waals surface area contributed by atoms with E-state index < -0.39 is 20.0 Å². The van der Waals surface area contributed by atoms with E-state index in [2.05, 4.69) is 67.8 Å². The summed E-state index contributed by atoms with van der Waals surface area (Å²) in [4.78, 5) is 23.1. The number of hydrogen-bond donors (Lipinski definition) is 3. The lowest BCUT2D eigenvalue weighted by molar-refractivity contribution is -0.870. The Bertz CT molecular complexity index is 1080. The molecule has 0 spiro atoms. The van der Waals surface area contributed by atoms with Crippen molar-refractivity contribution in [2.45, 2.75) is 187 Å². The minimum atomic E-state index is -4.35. The predicted octanol–water partition coefficient (Wildman–Crippen LogP) is 12.2. The van der Waals surface area contributed by atoms with Crippen LogP contribution in [0.2, 0.25) is 0 Å². The lowest BCUT2D eigenvalue weighted by atomic mass is 10.1. The Morgan fingerprint density at radius 2 is 1.07 bits per heavy atom. The second-order valence-corrected chi connectivity index (χ2v) is 17.5. The molecule has 0 aromatic rings. The molecule has 0 radical (unpaired) electrons. The van der Waals surface area contributed by atoms with Crippen LogP contribution in [0.3, 0.4) is 0 Å². The molecule has 0 aliphatic rings. The first-order valence-electron chi connectivity index (χ1n) is 22.2. The van der Waals surface area contributed by atoms with Gasteiger partial charge in [0, 0.05) is 6.42 Å². The highest BCUT2D eigenvalue weighted by Crippen LogP contribution is 2.43. The lowest BCUT2D eigenvalue weighted by Crippen LogP contribution is -2.45. The van der Waals surface area contributed by atoms with E-state index in [1.54, 1.807) is 6.08 Å². The molecule has 0 aromatic carbocycles. The van der Waals surface area contributed by atoms with Crippen LogP contribution in [0.4, 0.5) is 0 Å². The van der Waals surface area contributed by atoms with Gasteiger partial charge in [-0.25, -0.2) is 4.57 Å². The topological polar surface area (TPSA) is 105 Å². The molecule has 320 valence electrons. The van der Waals surface area contributed by atoms with Gasteiger partial charge >= 0.3 is 7.82 Å². The van der Waals surface area contributed by atoms with Crippen LogP contribution >= 0.6 is 7.82 Å². The number of nitrogens with one attached hydrogen (secondary N) is 1. The first-order chi connectivity index (χ1) is 26.5. The number of unbranched alkanes of at least 4 members (excludes halogenated alkanes) is 18. The van der Waals surface area contributed by atoms with E-state index in [-0.39, 0.29) is 19.1 Å². The SMILES string of the molecule is CCCC/C=C/CC/C=C/CC/C=C/C(O)C(COP(=O)(O)OCC[N+](C)(C)C)NC(=O)CCCCCCCCCCC/C=C\C/C=C\CCCCCCC. The predicted molar refractivity (Wildman–Crippen MR) is 235 cm³/mol. The summed E-state index contributed by atoms with van der Waals surface area (Å²) < 4.78 is 23.5. The molecule has 0 aliphatic carbocycles. The van der Waals surface area contributed by atoms with Crippen LogP contribution in [-0.4, -0.2) is 73.4 Å². The maximum atomic E-state index is 12.9. The smallest absolute Gasteiger partial charge is 0.387 e. The number of carbonyl (C=O) groups is 1. The molecule has 55 heavy (non-hydrogen) atoms. The molecule has 0 rings (SSSR count). The summed E-state index contributed by atoms with van der Waals surface area (Å²) in [5, 5.41) is 13.8. The van der Waals surface area contributed by atoms with E-state index in [0.29, 0.717) is 17.4 Å². The van der Waals surface area contributed by atoms with E-state index in [1.807, 2.05) is 27.2 Å². The number of amides is 1. The first kappa shape index (κ1) is 53.2. The highest BCUT2D eigenvalue weighted by Gasteiger charge is 2.27. The number of aliphatic hydroxyl groups excluding tert-OH is 1. The maximum absolute atomic E-state index is 12.9. The minimum absolute atomic E-state index is 0.0503. The van der Waals surface area contributed by atoms with Crippen molar-refractivity contribution in [1.82, 2.24) is 5.32 Å². The standard InChI is InChI=1S/C46H85N2O6P/c1-6-8-10-12-14-16-18-20-21-22-23-24-25-26-27-28-30-32-34-36-38-40-46(50)47-44(43-54-55(51,52)53-42-41-48(3,4)5)45(49)39-37-35-33-31-29-19-17-15-13-11-9-7-2/h13,15,18,20,22-23,29,31,37,39,44-45,49H,6-12,14,16-17,19,21,24-28,30,32-36,38,40-43H2,1-5H3,(H-,47,50,51,52)/p+1/b15-13+,20-18-,23-22-,31-29+,39-37+. The number of nitrogens with zero attached hydrogens (tertiary/aromatic N) is 1. The van der Waals surface area contributed by atoms with Gasteiger partial charge in [-0.15, -0.1) is 0 Å². The lowest BCUT2D eigenvalue weighted by Gasteiger charge is -2.25.